The molecule has 1 aromatic heterocycles. The molecule has 178 valence electrons. The molecular weight excluding hydrogens is 482 g/mol. The molecule has 5 rings (SSSR count). The minimum Gasteiger partial charge on any atom is -0.435 e. The molecule has 10 heteroatoms. The molecule has 0 amide bonds. The highest BCUT2D eigenvalue weighted by Gasteiger charge is 2.39. The molecule has 0 saturated heterocycles. The van der Waals surface area contributed by atoms with Crippen LogP contribution in [0.4, 0.5) is 8.78 Å². The lowest BCUT2D eigenvalue weighted by Gasteiger charge is -2.34. The standard InChI is InChI=1S/C24H23ClF2N4O2S/c25-17-10-6-14(7-11-17)19-21(20(32)15-8-12-18(13-9-15)33-23(26)27)34-24-29-28-22(31(24)30-19)16-4-2-1-3-5-16/h6-13,16,19,21,23,30H,1-5H2/t19-,21-/m0/s1. The third-order valence-corrected chi connectivity index (χ3v) is 7.75. The number of nitrogens with one attached hydrogen (secondary N) is 1. The van der Waals surface area contributed by atoms with Crippen LogP contribution in [-0.4, -0.2) is 32.5 Å². The van der Waals surface area contributed by atoms with Crippen molar-refractivity contribution in [3.63, 3.8) is 0 Å². The molecule has 1 saturated carbocycles. The van der Waals surface area contributed by atoms with Crippen molar-refractivity contribution in [2.45, 2.75) is 61.1 Å². The van der Waals surface area contributed by atoms with Crippen LogP contribution in [-0.2, 0) is 0 Å². The summed E-state index contributed by atoms with van der Waals surface area (Å²) in [4.78, 5) is 13.6. The molecule has 0 radical (unpaired) electrons. The van der Waals surface area contributed by atoms with Crippen LogP contribution in [0.1, 0.15) is 65.8 Å². The molecule has 1 aliphatic heterocycles. The van der Waals surface area contributed by atoms with Crippen LogP contribution in [0.2, 0.25) is 5.02 Å². The van der Waals surface area contributed by atoms with Crippen molar-refractivity contribution < 1.29 is 18.3 Å². The van der Waals surface area contributed by atoms with E-state index >= 15 is 0 Å². The number of aromatic nitrogens is 3. The van der Waals surface area contributed by atoms with Crippen LogP contribution in [0.25, 0.3) is 0 Å². The number of Topliss-reactive ketones (excluding diaryl/α,β-unsaturated/α-hetero) is 1. The molecule has 34 heavy (non-hydrogen) atoms. The Balaban J connectivity index is 1.47. The Bertz CT molecular complexity index is 1150. The maximum absolute atomic E-state index is 13.6. The summed E-state index contributed by atoms with van der Waals surface area (Å²) >= 11 is 7.46. The number of carbonyl (C=O) groups excluding carboxylic acids is 1. The highest BCUT2D eigenvalue weighted by molar-refractivity contribution is 8.00. The molecule has 1 N–H and O–H groups in total. The zero-order chi connectivity index (χ0) is 23.7. The second-order valence-electron chi connectivity index (χ2n) is 8.48. The average molecular weight is 505 g/mol. The van der Waals surface area contributed by atoms with Crippen LogP contribution >= 0.6 is 23.4 Å². The number of alkyl halides is 2. The van der Waals surface area contributed by atoms with Gasteiger partial charge < -0.3 is 10.2 Å². The van der Waals surface area contributed by atoms with Gasteiger partial charge in [0.05, 0.1) is 6.04 Å². The molecule has 2 atom stereocenters. The van der Waals surface area contributed by atoms with Crippen LogP contribution in [0.5, 0.6) is 5.75 Å². The number of hydrogen-bond acceptors (Lipinski definition) is 6. The molecule has 1 fully saturated rings. The number of hydrogen-bond donors (Lipinski definition) is 1. The Morgan fingerprint density at radius 1 is 1.06 bits per heavy atom. The van der Waals surface area contributed by atoms with E-state index in [-0.39, 0.29) is 17.6 Å². The van der Waals surface area contributed by atoms with Gasteiger partial charge in [-0.15, -0.1) is 10.2 Å². The molecule has 1 aliphatic carbocycles. The first-order chi connectivity index (χ1) is 16.5. The second-order valence-corrected chi connectivity index (χ2v) is 10.0. The van der Waals surface area contributed by atoms with Crippen molar-refractivity contribution in [1.29, 1.82) is 0 Å². The normalized spacial score (nSPS) is 20.6. The van der Waals surface area contributed by atoms with Crippen molar-refractivity contribution >= 4 is 29.1 Å². The Morgan fingerprint density at radius 2 is 1.76 bits per heavy atom. The van der Waals surface area contributed by atoms with E-state index in [1.807, 2.05) is 16.8 Å². The summed E-state index contributed by atoms with van der Waals surface area (Å²) in [6.45, 7) is -2.92. The third kappa shape index (κ3) is 4.77. The Labute approximate surface area is 205 Å². The van der Waals surface area contributed by atoms with Crippen LogP contribution in [0, 0.1) is 0 Å². The van der Waals surface area contributed by atoms with Crippen molar-refractivity contribution in [1.82, 2.24) is 14.9 Å². The first-order valence-corrected chi connectivity index (χ1v) is 12.5. The molecule has 0 unspecified atom stereocenters. The molecule has 0 bridgehead atoms. The van der Waals surface area contributed by atoms with Crippen molar-refractivity contribution in [3.8, 4) is 5.75 Å². The monoisotopic (exact) mass is 504 g/mol. The van der Waals surface area contributed by atoms with Gasteiger partial charge in [0, 0.05) is 16.5 Å². The summed E-state index contributed by atoms with van der Waals surface area (Å²) in [5.41, 5.74) is 4.81. The average Bonchev–Trinajstić information content (AvgIpc) is 3.27. The second kappa shape index (κ2) is 9.92. The Kier molecular flexibility index (Phi) is 6.74. The first kappa shape index (κ1) is 23.1. The lowest BCUT2D eigenvalue weighted by atomic mass is 9.89. The van der Waals surface area contributed by atoms with Crippen molar-refractivity contribution in [3.05, 3.63) is 70.5 Å². The zero-order valence-electron chi connectivity index (χ0n) is 18.2. The number of ether oxygens (including phenoxy) is 1. The maximum Gasteiger partial charge on any atom is 0.387 e. The zero-order valence-corrected chi connectivity index (χ0v) is 19.7. The molecule has 3 aromatic rings. The third-order valence-electron chi connectivity index (χ3n) is 6.28. The fraction of sp³-hybridized carbons (Fsp3) is 0.375. The number of fused-ring (bicyclic) bond motifs is 1. The summed E-state index contributed by atoms with van der Waals surface area (Å²) in [5, 5.41) is 9.57. The van der Waals surface area contributed by atoms with E-state index in [9.17, 15) is 13.6 Å². The summed E-state index contributed by atoms with van der Waals surface area (Å²) in [5.74, 6) is 1.10. The number of halogens is 3. The van der Waals surface area contributed by atoms with Gasteiger partial charge in [0.1, 0.15) is 11.0 Å². The lowest BCUT2D eigenvalue weighted by molar-refractivity contribution is -0.0498. The predicted octanol–water partition coefficient (Wildman–Crippen LogP) is 6.22. The first-order valence-electron chi connectivity index (χ1n) is 11.2. The highest BCUT2D eigenvalue weighted by atomic mass is 35.5. The van der Waals surface area contributed by atoms with E-state index in [1.165, 1.54) is 55.3 Å². The molecule has 6 nitrogen and oxygen atoms in total. The number of benzene rings is 2. The fourth-order valence-corrected chi connectivity index (χ4v) is 5.87. The van der Waals surface area contributed by atoms with E-state index in [1.54, 1.807) is 12.1 Å². The number of rotatable bonds is 6. The van der Waals surface area contributed by atoms with Gasteiger partial charge in [-0.05, 0) is 54.8 Å². The van der Waals surface area contributed by atoms with E-state index < -0.39 is 11.9 Å². The van der Waals surface area contributed by atoms with E-state index in [4.69, 9.17) is 11.6 Å². The number of nitrogens with zero attached hydrogens (tertiary/aromatic N) is 3. The Morgan fingerprint density at radius 3 is 2.44 bits per heavy atom. The number of carbonyl (C=O) groups is 1. The van der Waals surface area contributed by atoms with Crippen LogP contribution in [0.15, 0.2) is 53.7 Å². The van der Waals surface area contributed by atoms with Gasteiger partial charge in [-0.3, -0.25) is 4.79 Å². The van der Waals surface area contributed by atoms with Gasteiger partial charge in [0.15, 0.2) is 11.6 Å². The molecule has 2 aromatic carbocycles. The lowest BCUT2D eigenvalue weighted by Crippen LogP contribution is -2.39. The highest BCUT2D eigenvalue weighted by Crippen LogP contribution is 2.41. The summed E-state index contributed by atoms with van der Waals surface area (Å²) in [6, 6.07) is 12.8. The van der Waals surface area contributed by atoms with Gasteiger partial charge in [-0.25, -0.2) is 4.68 Å². The minimum absolute atomic E-state index is 0.00657. The van der Waals surface area contributed by atoms with Crippen LogP contribution < -0.4 is 10.2 Å². The molecular formula is C24H23ClF2N4O2S. The Hall–Kier alpha value is -2.65. The molecule has 2 aliphatic rings. The topological polar surface area (TPSA) is 69.0 Å². The van der Waals surface area contributed by atoms with Gasteiger partial charge in [-0.2, -0.15) is 8.78 Å². The maximum atomic E-state index is 13.6. The van der Waals surface area contributed by atoms with E-state index in [0.29, 0.717) is 21.7 Å². The molecule has 0 spiro atoms. The van der Waals surface area contributed by atoms with Crippen molar-refractivity contribution in [2.75, 3.05) is 5.43 Å². The summed E-state index contributed by atoms with van der Waals surface area (Å²) < 4.78 is 31.3. The molecule has 2 heterocycles. The fourth-order valence-electron chi connectivity index (χ4n) is 4.58. The largest absolute Gasteiger partial charge is 0.435 e. The van der Waals surface area contributed by atoms with Gasteiger partial charge >= 0.3 is 6.61 Å². The van der Waals surface area contributed by atoms with Gasteiger partial charge in [0.2, 0.25) is 5.16 Å². The number of ketones is 1. The van der Waals surface area contributed by atoms with E-state index in [0.717, 1.165) is 24.2 Å². The smallest absolute Gasteiger partial charge is 0.387 e. The van der Waals surface area contributed by atoms with Crippen LogP contribution in [0.3, 0.4) is 0 Å². The van der Waals surface area contributed by atoms with Gasteiger partial charge in [0.25, 0.3) is 0 Å². The quantitative estimate of drug-likeness (QED) is 0.402. The summed E-state index contributed by atoms with van der Waals surface area (Å²) in [7, 11) is 0. The SMILES string of the molecule is O=C(c1ccc(OC(F)F)cc1)[C@H]1Sc2nnc(C3CCCCC3)n2N[C@H]1c1ccc(Cl)cc1. The van der Waals surface area contributed by atoms with Crippen molar-refractivity contribution in [2.24, 2.45) is 0 Å². The minimum atomic E-state index is -2.92. The number of thioether (sulfide) groups is 1. The summed E-state index contributed by atoms with van der Waals surface area (Å²) in [6.07, 6.45) is 5.74. The predicted molar refractivity (Wildman–Crippen MR) is 126 cm³/mol. The van der Waals surface area contributed by atoms with Gasteiger partial charge in [-0.1, -0.05) is 54.8 Å². The van der Waals surface area contributed by atoms with E-state index in [2.05, 4.69) is 20.4 Å².